The lowest BCUT2D eigenvalue weighted by molar-refractivity contribution is -0.135. The highest BCUT2D eigenvalue weighted by molar-refractivity contribution is 5.85. The maximum atomic E-state index is 12.6. The van der Waals surface area contributed by atoms with Crippen LogP contribution in [0.15, 0.2) is 24.3 Å². The van der Waals surface area contributed by atoms with Gasteiger partial charge in [-0.05, 0) is 25.0 Å². The van der Waals surface area contributed by atoms with Gasteiger partial charge in [-0.2, -0.15) is 0 Å². The largest absolute Gasteiger partial charge is 0.378 e. The molecule has 0 saturated carbocycles. The van der Waals surface area contributed by atoms with E-state index in [4.69, 9.17) is 10.5 Å². The second-order valence-corrected chi connectivity index (χ2v) is 6.56. The molecule has 0 aliphatic carbocycles. The summed E-state index contributed by atoms with van der Waals surface area (Å²) in [6, 6.07) is 8.26. The van der Waals surface area contributed by atoms with Gasteiger partial charge in [0.2, 0.25) is 5.91 Å². The monoisotopic (exact) mass is 319 g/mol. The summed E-state index contributed by atoms with van der Waals surface area (Å²) < 4.78 is 5.43. The number of carbonyl (C=O) groups is 1. The molecule has 1 fully saturated rings. The van der Waals surface area contributed by atoms with Crippen LogP contribution < -0.4 is 10.6 Å². The Hall–Kier alpha value is -1.59. The number of nitrogens with two attached hydrogens (primary N) is 1. The molecule has 1 aromatic rings. The standard InChI is InChI=1S/C18H29N3O2/c1-4-9-18(2,19)17(22)20(3)14-15-7-5-6-8-16(15)21-10-12-23-13-11-21/h5-8H,4,9-14,19H2,1-3H3. The van der Waals surface area contributed by atoms with Crippen molar-refractivity contribution in [1.29, 1.82) is 0 Å². The summed E-state index contributed by atoms with van der Waals surface area (Å²) in [7, 11) is 1.83. The van der Waals surface area contributed by atoms with Gasteiger partial charge in [0.05, 0.1) is 18.8 Å². The molecular formula is C18H29N3O2. The molecule has 1 amide bonds. The van der Waals surface area contributed by atoms with Crippen LogP contribution in [-0.2, 0) is 16.1 Å². The van der Waals surface area contributed by atoms with E-state index < -0.39 is 5.54 Å². The number of amides is 1. The Labute approximate surface area is 139 Å². The molecule has 1 aromatic carbocycles. The van der Waals surface area contributed by atoms with E-state index in [0.29, 0.717) is 13.0 Å². The molecule has 2 rings (SSSR count). The Kier molecular flexibility index (Phi) is 6.02. The number of carbonyl (C=O) groups excluding carboxylic acids is 1. The van der Waals surface area contributed by atoms with Crippen molar-refractivity contribution in [2.24, 2.45) is 5.73 Å². The van der Waals surface area contributed by atoms with Crippen molar-refractivity contribution in [2.45, 2.75) is 38.8 Å². The van der Waals surface area contributed by atoms with E-state index in [9.17, 15) is 4.79 Å². The Morgan fingerprint density at radius 1 is 1.35 bits per heavy atom. The first-order valence-electron chi connectivity index (χ1n) is 8.40. The first-order chi connectivity index (χ1) is 11.0. The molecule has 1 heterocycles. The van der Waals surface area contributed by atoms with Crippen LogP contribution in [0, 0.1) is 0 Å². The molecule has 1 saturated heterocycles. The molecule has 23 heavy (non-hydrogen) atoms. The third kappa shape index (κ3) is 4.45. The van der Waals surface area contributed by atoms with E-state index in [2.05, 4.69) is 17.0 Å². The predicted molar refractivity (Wildman–Crippen MR) is 93.4 cm³/mol. The van der Waals surface area contributed by atoms with Crippen LogP contribution in [0.4, 0.5) is 5.69 Å². The highest BCUT2D eigenvalue weighted by atomic mass is 16.5. The fraction of sp³-hybridized carbons (Fsp3) is 0.611. The second-order valence-electron chi connectivity index (χ2n) is 6.56. The quantitative estimate of drug-likeness (QED) is 0.871. The molecule has 0 radical (unpaired) electrons. The fourth-order valence-electron chi connectivity index (χ4n) is 3.15. The smallest absolute Gasteiger partial charge is 0.242 e. The van der Waals surface area contributed by atoms with Crippen LogP contribution in [0.2, 0.25) is 0 Å². The van der Waals surface area contributed by atoms with E-state index >= 15 is 0 Å². The first-order valence-corrected chi connectivity index (χ1v) is 8.40. The Morgan fingerprint density at radius 2 is 2.00 bits per heavy atom. The molecule has 1 aliphatic rings. The minimum absolute atomic E-state index is 0.00358. The van der Waals surface area contributed by atoms with E-state index in [-0.39, 0.29) is 5.91 Å². The van der Waals surface area contributed by atoms with Crippen molar-refractivity contribution in [3.8, 4) is 0 Å². The number of anilines is 1. The topological polar surface area (TPSA) is 58.8 Å². The average Bonchev–Trinajstić information content (AvgIpc) is 2.55. The zero-order valence-electron chi connectivity index (χ0n) is 14.5. The lowest BCUT2D eigenvalue weighted by atomic mass is 9.95. The van der Waals surface area contributed by atoms with Crippen LogP contribution in [0.5, 0.6) is 0 Å². The van der Waals surface area contributed by atoms with Gasteiger partial charge in [0, 0.05) is 32.4 Å². The SMILES string of the molecule is CCCC(C)(N)C(=O)N(C)Cc1ccccc1N1CCOCC1. The number of para-hydroxylation sites is 1. The summed E-state index contributed by atoms with van der Waals surface area (Å²) in [5.74, 6) is -0.00358. The van der Waals surface area contributed by atoms with Crippen molar-refractivity contribution in [3.05, 3.63) is 29.8 Å². The molecular weight excluding hydrogens is 290 g/mol. The van der Waals surface area contributed by atoms with Crippen molar-refractivity contribution in [1.82, 2.24) is 4.90 Å². The number of rotatable bonds is 6. The number of benzene rings is 1. The molecule has 0 spiro atoms. The van der Waals surface area contributed by atoms with Crippen LogP contribution in [0.3, 0.4) is 0 Å². The van der Waals surface area contributed by atoms with E-state index in [1.807, 2.05) is 33.0 Å². The minimum atomic E-state index is -0.794. The van der Waals surface area contributed by atoms with Crippen molar-refractivity contribution < 1.29 is 9.53 Å². The number of likely N-dealkylation sites (N-methyl/N-ethyl adjacent to an activating group) is 1. The van der Waals surface area contributed by atoms with E-state index in [1.54, 1.807) is 4.90 Å². The molecule has 0 aromatic heterocycles. The molecule has 1 unspecified atom stereocenters. The first kappa shape index (κ1) is 17.8. The third-order valence-corrected chi connectivity index (χ3v) is 4.36. The number of morpholine rings is 1. The number of ether oxygens (including phenoxy) is 1. The molecule has 5 nitrogen and oxygen atoms in total. The summed E-state index contributed by atoms with van der Waals surface area (Å²) >= 11 is 0. The van der Waals surface area contributed by atoms with Gasteiger partial charge in [0.25, 0.3) is 0 Å². The van der Waals surface area contributed by atoms with Crippen LogP contribution in [-0.4, -0.2) is 49.7 Å². The lowest BCUT2D eigenvalue weighted by Gasteiger charge is -2.33. The molecule has 0 bridgehead atoms. The second kappa shape index (κ2) is 7.79. The Balaban J connectivity index is 2.11. The lowest BCUT2D eigenvalue weighted by Crippen LogP contribution is -2.51. The third-order valence-electron chi connectivity index (χ3n) is 4.36. The maximum absolute atomic E-state index is 12.6. The molecule has 128 valence electrons. The van der Waals surface area contributed by atoms with Gasteiger partial charge in [0.1, 0.15) is 0 Å². The maximum Gasteiger partial charge on any atom is 0.242 e. The Bertz CT molecular complexity index is 525. The minimum Gasteiger partial charge on any atom is -0.378 e. The van der Waals surface area contributed by atoms with E-state index in [0.717, 1.165) is 38.3 Å². The van der Waals surface area contributed by atoms with Crippen LogP contribution >= 0.6 is 0 Å². The van der Waals surface area contributed by atoms with Gasteiger partial charge in [-0.1, -0.05) is 31.5 Å². The fourth-order valence-corrected chi connectivity index (χ4v) is 3.15. The summed E-state index contributed by atoms with van der Waals surface area (Å²) in [6.07, 6.45) is 1.60. The Morgan fingerprint density at radius 3 is 2.65 bits per heavy atom. The zero-order chi connectivity index (χ0) is 16.9. The summed E-state index contributed by atoms with van der Waals surface area (Å²) in [5.41, 5.74) is 7.73. The van der Waals surface area contributed by atoms with Crippen molar-refractivity contribution in [3.63, 3.8) is 0 Å². The van der Waals surface area contributed by atoms with Gasteiger partial charge in [-0.25, -0.2) is 0 Å². The molecule has 1 aliphatic heterocycles. The average molecular weight is 319 g/mol. The zero-order valence-corrected chi connectivity index (χ0v) is 14.5. The molecule has 2 N–H and O–H groups in total. The van der Waals surface area contributed by atoms with Gasteiger partial charge in [0.15, 0.2) is 0 Å². The predicted octanol–water partition coefficient (Wildman–Crippen LogP) is 2.00. The van der Waals surface area contributed by atoms with Gasteiger partial charge >= 0.3 is 0 Å². The van der Waals surface area contributed by atoms with Gasteiger partial charge in [-0.3, -0.25) is 4.79 Å². The van der Waals surface area contributed by atoms with Gasteiger partial charge < -0.3 is 20.3 Å². The highest BCUT2D eigenvalue weighted by Crippen LogP contribution is 2.23. The molecule has 1 atom stereocenters. The van der Waals surface area contributed by atoms with Crippen molar-refractivity contribution >= 4 is 11.6 Å². The summed E-state index contributed by atoms with van der Waals surface area (Å²) in [6.45, 7) is 7.72. The van der Waals surface area contributed by atoms with Crippen molar-refractivity contribution in [2.75, 3.05) is 38.3 Å². The number of nitrogens with zero attached hydrogens (tertiary/aromatic N) is 2. The van der Waals surface area contributed by atoms with Crippen LogP contribution in [0.25, 0.3) is 0 Å². The summed E-state index contributed by atoms with van der Waals surface area (Å²) in [4.78, 5) is 16.7. The van der Waals surface area contributed by atoms with Crippen LogP contribution in [0.1, 0.15) is 32.3 Å². The normalized spacial score (nSPS) is 17.7. The number of hydrogen-bond donors (Lipinski definition) is 1. The molecule has 5 heteroatoms. The number of hydrogen-bond acceptors (Lipinski definition) is 4. The summed E-state index contributed by atoms with van der Waals surface area (Å²) in [5, 5.41) is 0. The highest BCUT2D eigenvalue weighted by Gasteiger charge is 2.30. The van der Waals surface area contributed by atoms with Gasteiger partial charge in [-0.15, -0.1) is 0 Å². The van der Waals surface area contributed by atoms with E-state index in [1.165, 1.54) is 5.69 Å².